The van der Waals surface area contributed by atoms with Gasteiger partial charge in [-0.25, -0.2) is 0 Å². The molecule has 2 aromatic rings. The predicted octanol–water partition coefficient (Wildman–Crippen LogP) is 3.40. The summed E-state index contributed by atoms with van der Waals surface area (Å²) in [7, 11) is 0. The minimum atomic E-state index is -0.582. The maximum absolute atomic E-state index is 13.0. The molecule has 0 radical (unpaired) electrons. The minimum absolute atomic E-state index is 0.000394. The van der Waals surface area contributed by atoms with E-state index in [2.05, 4.69) is 0 Å². The summed E-state index contributed by atoms with van der Waals surface area (Å²) in [6.07, 6.45) is 0. The van der Waals surface area contributed by atoms with Crippen LogP contribution in [0.15, 0.2) is 30.3 Å². The van der Waals surface area contributed by atoms with E-state index in [1.54, 1.807) is 17.9 Å². The van der Waals surface area contributed by atoms with E-state index in [1.165, 1.54) is 0 Å². The van der Waals surface area contributed by atoms with Gasteiger partial charge < -0.3 is 20.8 Å². The molecule has 4 N–H and O–H groups in total. The number of nitrogens with two attached hydrogens (primary N) is 1. The van der Waals surface area contributed by atoms with Crippen molar-refractivity contribution in [3.05, 3.63) is 58.1 Å². The third-order valence-electron chi connectivity index (χ3n) is 4.77. The van der Waals surface area contributed by atoms with Crippen molar-refractivity contribution in [2.24, 2.45) is 5.73 Å². The molecule has 1 atom stereocenters. The van der Waals surface area contributed by atoms with E-state index in [0.29, 0.717) is 18.7 Å². The third kappa shape index (κ3) is 2.96. The van der Waals surface area contributed by atoms with Gasteiger partial charge in [0.05, 0.1) is 11.1 Å². The first-order valence-corrected chi connectivity index (χ1v) is 8.51. The van der Waals surface area contributed by atoms with Crippen molar-refractivity contribution in [1.82, 2.24) is 4.90 Å². The second-order valence-electron chi connectivity index (χ2n) is 7.00. The number of rotatable bonds is 3. The second kappa shape index (κ2) is 6.41. The lowest BCUT2D eigenvalue weighted by Crippen LogP contribution is -2.26. The molecule has 0 spiro atoms. The van der Waals surface area contributed by atoms with Crippen LogP contribution >= 0.6 is 0 Å². The van der Waals surface area contributed by atoms with Gasteiger partial charge in [-0.15, -0.1) is 0 Å². The Morgan fingerprint density at radius 3 is 2.12 bits per heavy atom. The quantitative estimate of drug-likeness (QED) is 0.799. The van der Waals surface area contributed by atoms with Crippen LogP contribution in [0.2, 0.25) is 0 Å². The van der Waals surface area contributed by atoms with Crippen LogP contribution in [0.1, 0.15) is 65.3 Å². The van der Waals surface area contributed by atoms with Gasteiger partial charge >= 0.3 is 0 Å². The number of carbonyl (C=O) groups is 1. The average molecular weight is 340 g/mol. The summed E-state index contributed by atoms with van der Waals surface area (Å²) < 4.78 is 0. The Morgan fingerprint density at radius 2 is 1.64 bits per heavy atom. The molecule has 1 unspecified atom stereocenters. The Labute approximate surface area is 147 Å². The monoisotopic (exact) mass is 340 g/mol. The molecule has 0 bridgehead atoms. The maximum Gasteiger partial charge on any atom is 0.258 e. The highest BCUT2D eigenvalue weighted by Gasteiger charge is 2.29. The molecule has 0 aliphatic carbocycles. The zero-order valence-electron chi connectivity index (χ0n) is 14.8. The van der Waals surface area contributed by atoms with E-state index in [4.69, 9.17) is 5.73 Å². The largest absolute Gasteiger partial charge is 0.507 e. The molecule has 0 saturated heterocycles. The first kappa shape index (κ1) is 17.3. The van der Waals surface area contributed by atoms with Gasteiger partial charge in [-0.1, -0.05) is 38.1 Å². The summed E-state index contributed by atoms with van der Waals surface area (Å²) in [5, 5.41) is 21.1. The van der Waals surface area contributed by atoms with E-state index in [0.717, 1.165) is 11.1 Å². The Hall–Kier alpha value is -2.53. The van der Waals surface area contributed by atoms with Crippen LogP contribution in [0.25, 0.3) is 0 Å². The molecule has 0 saturated carbocycles. The topological polar surface area (TPSA) is 86.8 Å². The summed E-state index contributed by atoms with van der Waals surface area (Å²) in [5.74, 6) is -0.500. The van der Waals surface area contributed by atoms with Crippen LogP contribution in [0.4, 0.5) is 0 Å². The van der Waals surface area contributed by atoms with Gasteiger partial charge in [0, 0.05) is 19.1 Å². The van der Waals surface area contributed by atoms with Gasteiger partial charge in [-0.3, -0.25) is 4.79 Å². The van der Waals surface area contributed by atoms with Crippen molar-refractivity contribution in [3.8, 4) is 11.5 Å². The highest BCUT2D eigenvalue weighted by Crippen LogP contribution is 2.41. The van der Waals surface area contributed by atoms with Crippen molar-refractivity contribution in [2.75, 3.05) is 0 Å². The molecule has 1 amide bonds. The zero-order chi connectivity index (χ0) is 18.3. The first-order valence-electron chi connectivity index (χ1n) is 8.51. The number of aromatic hydroxyl groups is 2. The molecule has 3 rings (SSSR count). The summed E-state index contributed by atoms with van der Waals surface area (Å²) >= 11 is 0. The number of amides is 1. The summed E-state index contributed by atoms with van der Waals surface area (Å²) in [6.45, 7) is 6.56. The summed E-state index contributed by atoms with van der Waals surface area (Å²) in [4.78, 5) is 14.7. The van der Waals surface area contributed by atoms with Gasteiger partial charge in [0.25, 0.3) is 5.91 Å². The van der Waals surface area contributed by atoms with Crippen LogP contribution in [0.5, 0.6) is 11.5 Å². The predicted molar refractivity (Wildman–Crippen MR) is 96.5 cm³/mol. The van der Waals surface area contributed by atoms with Crippen molar-refractivity contribution < 1.29 is 15.0 Å². The zero-order valence-corrected chi connectivity index (χ0v) is 14.8. The van der Waals surface area contributed by atoms with Gasteiger partial charge in [0.15, 0.2) is 0 Å². The van der Waals surface area contributed by atoms with E-state index in [-0.39, 0.29) is 34.5 Å². The second-order valence-corrected chi connectivity index (χ2v) is 7.00. The highest BCUT2D eigenvalue weighted by molar-refractivity contribution is 5.98. The lowest BCUT2D eigenvalue weighted by Gasteiger charge is -2.22. The minimum Gasteiger partial charge on any atom is -0.507 e. The molecule has 5 heteroatoms. The van der Waals surface area contributed by atoms with Crippen LogP contribution in [0, 0.1) is 0 Å². The molecule has 25 heavy (non-hydrogen) atoms. The lowest BCUT2D eigenvalue weighted by molar-refractivity contribution is 0.0748. The molecule has 1 aliphatic heterocycles. The normalized spacial score (nSPS) is 14.7. The Morgan fingerprint density at radius 1 is 1.08 bits per heavy atom. The average Bonchev–Trinajstić information content (AvgIpc) is 2.97. The number of phenolic OH excluding ortho intramolecular Hbond substituents is 2. The third-order valence-corrected chi connectivity index (χ3v) is 4.77. The number of benzene rings is 2. The fraction of sp³-hybridized carbons (Fsp3) is 0.350. The first-order chi connectivity index (χ1) is 11.8. The van der Waals surface area contributed by atoms with Gasteiger partial charge in [0.2, 0.25) is 0 Å². The fourth-order valence-electron chi connectivity index (χ4n) is 3.39. The fourth-order valence-corrected chi connectivity index (χ4v) is 3.39. The van der Waals surface area contributed by atoms with Gasteiger partial charge in [-0.2, -0.15) is 0 Å². The standard InChI is InChI=1S/C20H24N2O3/c1-11(2)15-8-16(19(24)17(12(3)21)18(15)23)20(25)22-9-13-6-4-5-7-14(13)10-22/h4-8,11-12,23-24H,9-10,21H2,1-3H3. The van der Waals surface area contributed by atoms with Gasteiger partial charge in [-0.05, 0) is 35.6 Å². The molecular formula is C20H24N2O3. The molecule has 2 aromatic carbocycles. The summed E-state index contributed by atoms with van der Waals surface area (Å²) in [5.41, 5.74) is 9.20. The van der Waals surface area contributed by atoms with E-state index in [9.17, 15) is 15.0 Å². The molecule has 1 heterocycles. The molecule has 132 valence electrons. The number of carbonyl (C=O) groups excluding carboxylic acids is 1. The van der Waals surface area contributed by atoms with Gasteiger partial charge in [0.1, 0.15) is 11.5 Å². The number of hydrogen-bond donors (Lipinski definition) is 3. The molecular weight excluding hydrogens is 316 g/mol. The SMILES string of the molecule is CC(C)c1cc(C(=O)N2Cc3ccccc3C2)c(O)c(C(C)N)c1O. The van der Waals surface area contributed by atoms with Crippen LogP contribution in [0.3, 0.4) is 0 Å². The lowest BCUT2D eigenvalue weighted by atomic mass is 9.92. The Balaban J connectivity index is 2.04. The van der Waals surface area contributed by atoms with Crippen LogP contribution in [-0.2, 0) is 13.1 Å². The number of hydrogen-bond acceptors (Lipinski definition) is 4. The molecule has 0 fully saturated rings. The van der Waals surface area contributed by atoms with E-state index in [1.807, 2.05) is 38.1 Å². The molecule has 5 nitrogen and oxygen atoms in total. The van der Waals surface area contributed by atoms with Crippen molar-refractivity contribution in [3.63, 3.8) is 0 Å². The molecule has 1 aliphatic rings. The summed E-state index contributed by atoms with van der Waals surface area (Å²) in [6, 6.07) is 8.93. The van der Waals surface area contributed by atoms with E-state index < -0.39 is 6.04 Å². The van der Waals surface area contributed by atoms with Crippen molar-refractivity contribution in [1.29, 1.82) is 0 Å². The van der Waals surface area contributed by atoms with Crippen molar-refractivity contribution >= 4 is 5.91 Å². The Kier molecular flexibility index (Phi) is 4.43. The number of phenols is 2. The van der Waals surface area contributed by atoms with Crippen molar-refractivity contribution in [2.45, 2.75) is 45.8 Å². The maximum atomic E-state index is 13.0. The van der Waals surface area contributed by atoms with Crippen LogP contribution in [-0.4, -0.2) is 21.0 Å². The Bertz CT molecular complexity index is 803. The number of nitrogens with zero attached hydrogens (tertiary/aromatic N) is 1. The highest BCUT2D eigenvalue weighted by atomic mass is 16.3. The van der Waals surface area contributed by atoms with E-state index >= 15 is 0 Å². The molecule has 0 aromatic heterocycles. The smallest absolute Gasteiger partial charge is 0.258 e. The van der Waals surface area contributed by atoms with Crippen LogP contribution < -0.4 is 5.73 Å². The number of fused-ring (bicyclic) bond motifs is 1.